The summed E-state index contributed by atoms with van der Waals surface area (Å²) in [6.07, 6.45) is -9.30. The Bertz CT molecular complexity index is 730. The number of amides is 2. The van der Waals surface area contributed by atoms with Crippen molar-refractivity contribution in [1.82, 2.24) is 9.80 Å². The van der Waals surface area contributed by atoms with Gasteiger partial charge in [-0.3, -0.25) is 9.42 Å². The highest BCUT2D eigenvalue weighted by Gasteiger charge is 2.67. The highest BCUT2D eigenvalue weighted by atomic mass is 32.5. The van der Waals surface area contributed by atoms with Crippen LogP contribution in [0.5, 0.6) is 0 Å². The van der Waals surface area contributed by atoms with Crippen molar-refractivity contribution in [3.05, 3.63) is 12.0 Å². The lowest BCUT2D eigenvalue weighted by Gasteiger charge is -2.41. The summed E-state index contributed by atoms with van der Waals surface area (Å²) < 4.78 is 63.4. The number of rotatable bonds is 4. The molecule has 6 atom stereocenters. The predicted molar refractivity (Wildman–Crippen MR) is 93.1 cm³/mol. The first kappa shape index (κ1) is 21.9. The quantitative estimate of drug-likeness (QED) is 0.620. The van der Waals surface area contributed by atoms with Gasteiger partial charge in [-0.05, 0) is 25.7 Å². The third kappa shape index (κ3) is 3.47. The van der Waals surface area contributed by atoms with Gasteiger partial charge in [0.15, 0.2) is 17.7 Å². The summed E-state index contributed by atoms with van der Waals surface area (Å²) in [7, 11) is 1.22. The average Bonchev–Trinajstić information content (AvgIpc) is 2.89. The van der Waals surface area contributed by atoms with Gasteiger partial charge < -0.3 is 29.5 Å². The molecule has 160 valence electrons. The van der Waals surface area contributed by atoms with E-state index in [9.17, 15) is 23.1 Å². The lowest BCUT2D eigenvalue weighted by atomic mass is 9.96. The number of aliphatic hydroxyl groups excluding tert-OH is 1. The van der Waals surface area contributed by atoms with Crippen LogP contribution in [0.4, 0.5) is 18.0 Å². The molecule has 28 heavy (non-hydrogen) atoms. The van der Waals surface area contributed by atoms with E-state index in [2.05, 4.69) is 0 Å². The summed E-state index contributed by atoms with van der Waals surface area (Å²) in [5.74, 6) is -0.913. The van der Waals surface area contributed by atoms with E-state index in [0.717, 1.165) is 4.90 Å². The zero-order chi connectivity index (χ0) is 21.0. The number of hydrogen-bond acceptors (Lipinski definition) is 8. The number of carbonyl (C=O) groups is 1. The second-order valence-electron chi connectivity index (χ2n) is 6.92. The second kappa shape index (κ2) is 7.47. The minimum atomic E-state index is -3.44. The lowest BCUT2D eigenvalue weighted by Crippen LogP contribution is -2.57. The van der Waals surface area contributed by atoms with Gasteiger partial charge in [-0.25, -0.2) is 18.0 Å². The number of nitrogens with two attached hydrogens (primary N) is 1. The monoisotopic (exact) mass is 447 g/mol. The maximum absolute atomic E-state index is 14.1. The van der Waals surface area contributed by atoms with Crippen LogP contribution in [-0.2, 0) is 30.1 Å². The highest BCUT2D eigenvalue weighted by molar-refractivity contribution is 8.07. The van der Waals surface area contributed by atoms with Crippen LogP contribution in [0.2, 0.25) is 0 Å². The number of carbonyl (C=O) groups excluding carboxylic acids is 1. The maximum Gasteiger partial charge on any atom is 0.328 e. The molecular weight excluding hydrogens is 426 g/mol. The molecule has 2 saturated heterocycles. The zero-order valence-corrected chi connectivity index (χ0v) is 16.9. The Morgan fingerprint density at radius 2 is 2.14 bits per heavy atom. The normalized spacial score (nSPS) is 41.6. The molecule has 9 nitrogen and oxygen atoms in total. The van der Waals surface area contributed by atoms with Crippen LogP contribution in [0, 0.1) is 0 Å². The van der Waals surface area contributed by atoms with Gasteiger partial charge in [0.25, 0.3) is 6.43 Å². The lowest BCUT2D eigenvalue weighted by molar-refractivity contribution is -0.206. The van der Waals surface area contributed by atoms with E-state index in [1.807, 2.05) is 0 Å². The number of halogens is 3. The summed E-state index contributed by atoms with van der Waals surface area (Å²) in [5.41, 5.74) is 3.11. The second-order valence-corrected chi connectivity index (χ2v) is 9.83. The molecule has 3 aliphatic rings. The van der Waals surface area contributed by atoms with E-state index >= 15 is 0 Å². The number of nitrogens with zero attached hydrogens (tertiary/aromatic N) is 2. The number of ether oxygens (including phenoxy) is 1. The fourth-order valence-electron chi connectivity index (χ4n) is 3.12. The van der Waals surface area contributed by atoms with Gasteiger partial charge in [0.2, 0.25) is 0 Å². The van der Waals surface area contributed by atoms with Crippen LogP contribution in [-0.4, -0.2) is 77.3 Å². The standard InChI is InChI=1S/C14H21F3N3O6PS/c1-6(2)25-27(28)23-5-14(12(16)17)9(26-27)8(21)11(24-14)20-4-7(15)10(18)19(3)13(20)22/h4,6,8-12,21H,5,18H2,1-3H3/t8-,9+,10?,11-,14-,27?/m1/s1. The number of alkyl halides is 2. The predicted octanol–water partition coefficient (Wildman–Crippen LogP) is 1.24. The Labute approximate surface area is 164 Å². The minimum absolute atomic E-state index is 0.420. The molecule has 0 aromatic heterocycles. The topological polar surface area (TPSA) is 107 Å². The molecular formula is C14H21F3N3O6PS. The molecule has 0 spiro atoms. The molecule has 3 N–H and O–H groups in total. The molecule has 2 amide bonds. The number of aliphatic hydroxyl groups is 1. The van der Waals surface area contributed by atoms with Gasteiger partial charge in [-0.2, -0.15) is 0 Å². The molecule has 3 rings (SSSR count). The maximum atomic E-state index is 14.1. The van der Waals surface area contributed by atoms with E-state index in [0.29, 0.717) is 11.1 Å². The SMILES string of the molecule is CC(C)OP1(=S)OC[C@@]2(C(F)F)O[C@@H](N3C=C(F)C(N)N(C)C3=O)[C@H](O)[C@@H]2O1. The first-order chi connectivity index (χ1) is 12.9. The summed E-state index contributed by atoms with van der Waals surface area (Å²) in [5, 5.41) is 10.7. The third-order valence-corrected chi connectivity index (χ3v) is 7.03. The van der Waals surface area contributed by atoms with Gasteiger partial charge >= 0.3 is 12.7 Å². The van der Waals surface area contributed by atoms with Crippen LogP contribution >= 0.6 is 6.72 Å². The Morgan fingerprint density at radius 3 is 2.71 bits per heavy atom. The van der Waals surface area contributed by atoms with Crippen molar-refractivity contribution < 1.29 is 41.4 Å². The van der Waals surface area contributed by atoms with Crippen molar-refractivity contribution in [3.8, 4) is 0 Å². The molecule has 0 radical (unpaired) electrons. The molecule has 3 aliphatic heterocycles. The van der Waals surface area contributed by atoms with Gasteiger partial charge in [0.1, 0.15) is 18.4 Å². The number of likely N-dealkylation sites (N-methyl/N-ethyl adjacent to an activating group) is 1. The van der Waals surface area contributed by atoms with Crippen LogP contribution in [0.3, 0.4) is 0 Å². The molecule has 0 aliphatic carbocycles. The molecule has 2 fully saturated rings. The molecule has 0 saturated carbocycles. The molecule has 3 heterocycles. The van der Waals surface area contributed by atoms with Crippen molar-refractivity contribution >= 4 is 24.6 Å². The van der Waals surface area contributed by atoms with Gasteiger partial charge in [-0.15, -0.1) is 0 Å². The summed E-state index contributed by atoms with van der Waals surface area (Å²) in [4.78, 5) is 13.9. The van der Waals surface area contributed by atoms with Crippen molar-refractivity contribution in [2.24, 2.45) is 5.73 Å². The van der Waals surface area contributed by atoms with E-state index in [4.69, 9.17) is 35.8 Å². The molecule has 0 aromatic carbocycles. The van der Waals surface area contributed by atoms with Crippen LogP contribution in [0.1, 0.15) is 13.8 Å². The highest BCUT2D eigenvalue weighted by Crippen LogP contribution is 2.60. The fourth-order valence-corrected chi connectivity index (χ4v) is 5.71. The summed E-state index contributed by atoms with van der Waals surface area (Å²) in [6.45, 7) is -0.860. The molecule has 2 unspecified atom stereocenters. The zero-order valence-electron chi connectivity index (χ0n) is 15.2. The Morgan fingerprint density at radius 1 is 1.50 bits per heavy atom. The van der Waals surface area contributed by atoms with E-state index in [1.54, 1.807) is 13.8 Å². The van der Waals surface area contributed by atoms with Crippen LogP contribution < -0.4 is 5.73 Å². The van der Waals surface area contributed by atoms with E-state index in [-0.39, 0.29) is 0 Å². The third-order valence-electron chi connectivity index (χ3n) is 4.58. The first-order valence-electron chi connectivity index (χ1n) is 8.35. The summed E-state index contributed by atoms with van der Waals surface area (Å²) >= 11 is 5.17. The van der Waals surface area contributed by atoms with Crippen molar-refractivity contribution in [2.75, 3.05) is 13.7 Å². The van der Waals surface area contributed by atoms with Crippen LogP contribution in [0.15, 0.2) is 12.0 Å². The van der Waals surface area contributed by atoms with E-state index in [1.165, 1.54) is 7.05 Å². The van der Waals surface area contributed by atoms with Crippen molar-refractivity contribution in [3.63, 3.8) is 0 Å². The first-order valence-corrected chi connectivity index (χ1v) is 10.9. The number of urea groups is 1. The number of hydrogen-bond donors (Lipinski definition) is 2. The molecule has 14 heteroatoms. The van der Waals surface area contributed by atoms with Gasteiger partial charge in [0.05, 0.1) is 12.7 Å². The summed E-state index contributed by atoms with van der Waals surface area (Å²) in [6, 6.07) is -0.847. The van der Waals surface area contributed by atoms with E-state index < -0.39 is 67.9 Å². The molecule has 0 bridgehead atoms. The van der Waals surface area contributed by atoms with Crippen molar-refractivity contribution in [1.29, 1.82) is 0 Å². The minimum Gasteiger partial charge on any atom is -0.386 e. The van der Waals surface area contributed by atoms with Gasteiger partial charge in [0, 0.05) is 13.2 Å². The Kier molecular flexibility index (Phi) is 5.85. The van der Waals surface area contributed by atoms with Gasteiger partial charge in [-0.1, -0.05) is 0 Å². The number of fused-ring (bicyclic) bond motifs is 1. The smallest absolute Gasteiger partial charge is 0.328 e. The molecule has 0 aromatic rings. The van der Waals surface area contributed by atoms with Crippen LogP contribution in [0.25, 0.3) is 0 Å². The Balaban J connectivity index is 1.94. The largest absolute Gasteiger partial charge is 0.386 e. The average molecular weight is 447 g/mol. The van der Waals surface area contributed by atoms with Crippen molar-refractivity contribution in [2.45, 2.75) is 56.6 Å². The fraction of sp³-hybridized carbons (Fsp3) is 0.786. The Hall–Kier alpha value is -0.790.